The van der Waals surface area contributed by atoms with E-state index in [0.717, 1.165) is 29.9 Å². The first kappa shape index (κ1) is 71.4. The third kappa shape index (κ3) is 42.4. The molecule has 2 aromatic heterocycles. The van der Waals surface area contributed by atoms with Crippen LogP contribution in [0, 0.1) is 0 Å². The average molecular weight is 1120 g/mol. The monoisotopic (exact) mass is 1120 g/mol. The minimum absolute atomic E-state index is 0.0320. The van der Waals surface area contributed by atoms with E-state index in [1.165, 1.54) is 184 Å². The van der Waals surface area contributed by atoms with Gasteiger partial charge in [0.25, 0.3) is 5.56 Å². The molecule has 0 aromatic carbocycles. The first-order valence-corrected chi connectivity index (χ1v) is 32.4. The highest BCUT2D eigenvalue weighted by Gasteiger charge is 2.24. The third-order valence-corrected chi connectivity index (χ3v) is 14.8. The zero-order valence-electron chi connectivity index (χ0n) is 46.8. The highest BCUT2D eigenvalue weighted by molar-refractivity contribution is 7.52. The quantitative estimate of drug-likeness (QED) is 0.0265. The van der Waals surface area contributed by atoms with Crippen molar-refractivity contribution < 1.29 is 57.1 Å². The molecule has 2 unspecified atom stereocenters. The molecular formula is C54H103N5O15P2. The van der Waals surface area contributed by atoms with E-state index in [4.69, 9.17) is 33.7 Å². The number of ether oxygens (including phenoxy) is 4. The van der Waals surface area contributed by atoms with Gasteiger partial charge in [0.15, 0.2) is 0 Å². The molecular weight excluding hydrogens is 1020 g/mol. The molecule has 7 N–H and O–H groups in total. The van der Waals surface area contributed by atoms with Crippen LogP contribution in [0.25, 0.3) is 0 Å². The van der Waals surface area contributed by atoms with Gasteiger partial charge >= 0.3 is 26.6 Å². The number of H-pyrrole nitrogens is 1. The van der Waals surface area contributed by atoms with Crippen molar-refractivity contribution in [3.05, 3.63) is 55.8 Å². The normalized spacial score (nSPS) is 14.0. The number of aromatic amines is 1. The maximum atomic E-state index is 12.2. The van der Waals surface area contributed by atoms with Crippen molar-refractivity contribution >= 4 is 21.0 Å². The summed E-state index contributed by atoms with van der Waals surface area (Å²) >= 11 is 0. The molecule has 0 aliphatic carbocycles. The van der Waals surface area contributed by atoms with Crippen LogP contribution < -0.4 is 22.7 Å². The largest absolute Gasteiger partial charge is 0.394 e. The molecule has 0 spiro atoms. The summed E-state index contributed by atoms with van der Waals surface area (Å²) in [5, 5.41) is 18.9. The number of aromatic nitrogens is 4. The number of nitrogens with one attached hydrogen (secondary N) is 1. The standard InChI is InChI=1S/C27H52N3O7P.C27H51N2O8P/c1-2-3-4-5-6-7-8-9-10-11-12-13-14-15-19-35-20-16-21-37-38(33,34)24-36-25(23-31)22-30-18-17-26(28)29-27(30)32;1-2-3-4-5-6-7-8-9-10-11-12-13-14-15-19-35-20-16-21-37-38(33,34)24-36-25(23-30)22-29-18-17-26(31)28-27(29)32/h17-18,25,31H,2-16,19-24H2,1H3,(H,33,34)(H2,28,29,32);17-18,25,30H,2-16,19-24H2,1H3,(H,33,34)(H,28,31,32)/t2*25-/m00/s1. The molecule has 0 aliphatic heterocycles. The Kier molecular flexibility index (Phi) is 45.4. The predicted molar refractivity (Wildman–Crippen MR) is 301 cm³/mol. The van der Waals surface area contributed by atoms with Crippen molar-refractivity contribution in [1.82, 2.24) is 19.1 Å². The van der Waals surface area contributed by atoms with Crippen LogP contribution in [0.3, 0.4) is 0 Å². The second kappa shape index (κ2) is 48.3. The highest BCUT2D eigenvalue weighted by atomic mass is 31.2. The number of anilines is 1. The fourth-order valence-electron chi connectivity index (χ4n) is 8.15. The Morgan fingerprint density at radius 1 is 0.513 bits per heavy atom. The molecule has 76 heavy (non-hydrogen) atoms. The number of hydrogen-bond donors (Lipinski definition) is 6. The van der Waals surface area contributed by atoms with Crippen molar-refractivity contribution in [3.8, 4) is 0 Å². The van der Waals surface area contributed by atoms with Crippen LogP contribution in [0.2, 0.25) is 0 Å². The van der Waals surface area contributed by atoms with E-state index in [1.807, 2.05) is 0 Å². The van der Waals surface area contributed by atoms with Gasteiger partial charge in [0.1, 0.15) is 18.5 Å². The summed E-state index contributed by atoms with van der Waals surface area (Å²) in [5.74, 6) is 0.0875. The van der Waals surface area contributed by atoms with Crippen LogP contribution >= 0.6 is 15.2 Å². The molecule has 0 fully saturated rings. The molecule has 2 heterocycles. The fourth-order valence-corrected chi connectivity index (χ4v) is 9.92. The van der Waals surface area contributed by atoms with Gasteiger partial charge < -0.3 is 53.7 Å². The lowest BCUT2D eigenvalue weighted by molar-refractivity contribution is 0.0162. The molecule has 0 amide bonds. The van der Waals surface area contributed by atoms with Crippen molar-refractivity contribution in [2.75, 3.05) is 71.3 Å². The van der Waals surface area contributed by atoms with Crippen molar-refractivity contribution in [1.29, 1.82) is 0 Å². The van der Waals surface area contributed by atoms with E-state index in [1.54, 1.807) is 0 Å². The Balaban J connectivity index is 0.000000760. The molecule has 0 aliphatic rings. The van der Waals surface area contributed by atoms with E-state index < -0.39 is 70.2 Å². The van der Waals surface area contributed by atoms with Crippen molar-refractivity contribution in [2.45, 2.75) is 232 Å². The number of rotatable bonds is 52. The topological polar surface area (TPSA) is 286 Å². The van der Waals surface area contributed by atoms with Gasteiger partial charge in [0.2, 0.25) is 0 Å². The number of hydrogen-bond acceptors (Lipinski definition) is 15. The summed E-state index contributed by atoms with van der Waals surface area (Å²) in [4.78, 5) is 60.2. The third-order valence-electron chi connectivity index (χ3n) is 12.7. The lowest BCUT2D eigenvalue weighted by Crippen LogP contribution is -2.34. The van der Waals surface area contributed by atoms with Crippen LogP contribution in [0.1, 0.15) is 206 Å². The minimum Gasteiger partial charge on any atom is -0.394 e. The fraction of sp³-hybridized carbons (Fsp3) is 0.852. The van der Waals surface area contributed by atoms with Gasteiger partial charge in [0, 0.05) is 44.9 Å². The molecule has 2 rings (SSSR count). The second-order valence-electron chi connectivity index (χ2n) is 19.8. The predicted octanol–water partition coefficient (Wildman–Crippen LogP) is 10.2. The Morgan fingerprint density at radius 3 is 1.21 bits per heavy atom. The Bertz CT molecular complexity index is 1940. The van der Waals surface area contributed by atoms with Crippen LogP contribution in [0.4, 0.5) is 5.82 Å². The summed E-state index contributed by atoms with van der Waals surface area (Å²) in [6.07, 6.45) is 37.6. The Labute approximate surface area is 454 Å². The molecule has 22 heteroatoms. The van der Waals surface area contributed by atoms with E-state index in [-0.39, 0.29) is 32.1 Å². The van der Waals surface area contributed by atoms with Gasteiger partial charge in [-0.25, -0.2) is 9.59 Å². The zero-order chi connectivity index (χ0) is 55.8. The molecule has 4 atom stereocenters. The zero-order valence-corrected chi connectivity index (χ0v) is 48.5. The van der Waals surface area contributed by atoms with E-state index >= 15 is 0 Å². The van der Waals surface area contributed by atoms with Gasteiger partial charge in [0.05, 0.1) is 51.7 Å². The number of aliphatic hydroxyl groups excluding tert-OH is 2. The molecule has 20 nitrogen and oxygen atoms in total. The van der Waals surface area contributed by atoms with Crippen molar-refractivity contribution in [2.24, 2.45) is 0 Å². The van der Waals surface area contributed by atoms with E-state index in [9.17, 15) is 43.5 Å². The second-order valence-corrected chi connectivity index (χ2v) is 23.4. The smallest absolute Gasteiger partial charge is 0.353 e. The SMILES string of the molecule is CCCCCCCCCCCCCCCCOCCCOP(=O)(O)CO[C@H](CO)Cn1ccc(=O)[nH]c1=O.CCCCCCCCCCCCCCCCOCCCOP(=O)(O)CO[C@H](CO)Cn1ccc(N)nc1=O. The number of nitrogens with two attached hydrogens (primary N) is 1. The molecule has 0 bridgehead atoms. The van der Waals surface area contributed by atoms with Gasteiger partial charge in [-0.3, -0.25) is 28.0 Å². The summed E-state index contributed by atoms with van der Waals surface area (Å²) in [6.45, 7) is 5.90. The maximum absolute atomic E-state index is 12.2. The van der Waals surface area contributed by atoms with Crippen LogP contribution in [-0.2, 0) is 50.2 Å². The molecule has 0 saturated carbocycles. The first-order chi connectivity index (χ1) is 36.8. The lowest BCUT2D eigenvalue weighted by atomic mass is 10.0. The highest BCUT2D eigenvalue weighted by Crippen LogP contribution is 2.43. The number of nitrogens with zero attached hydrogens (tertiary/aromatic N) is 3. The van der Waals surface area contributed by atoms with Crippen LogP contribution in [0.5, 0.6) is 0 Å². The summed E-state index contributed by atoms with van der Waals surface area (Å²) < 4.78 is 58.5. The number of nitrogen functional groups attached to an aromatic ring is 1. The Hall–Kier alpha value is -2.58. The summed E-state index contributed by atoms with van der Waals surface area (Å²) in [6, 6.07) is 2.61. The molecule has 444 valence electrons. The summed E-state index contributed by atoms with van der Waals surface area (Å²) in [7, 11) is -8.00. The minimum atomic E-state index is -4.01. The van der Waals surface area contributed by atoms with Gasteiger partial charge in [-0.1, -0.05) is 181 Å². The van der Waals surface area contributed by atoms with E-state index in [2.05, 4.69) is 23.8 Å². The molecule has 0 saturated heterocycles. The number of unbranched alkanes of at least 4 members (excludes halogenated alkanes) is 26. The van der Waals surface area contributed by atoms with Gasteiger partial charge in [-0.05, 0) is 31.7 Å². The van der Waals surface area contributed by atoms with Crippen molar-refractivity contribution in [3.63, 3.8) is 0 Å². The average Bonchev–Trinajstić information content (AvgIpc) is 3.39. The van der Waals surface area contributed by atoms with Crippen LogP contribution in [0.15, 0.2) is 38.9 Å². The van der Waals surface area contributed by atoms with Crippen LogP contribution in [-0.4, -0.2) is 117 Å². The van der Waals surface area contributed by atoms with E-state index in [0.29, 0.717) is 39.3 Å². The summed E-state index contributed by atoms with van der Waals surface area (Å²) in [5.41, 5.74) is 3.66. The number of aliphatic hydroxyl groups is 2. The van der Waals surface area contributed by atoms with Gasteiger partial charge in [-0.15, -0.1) is 0 Å². The molecule has 2 aromatic rings. The molecule has 0 radical (unpaired) electrons. The maximum Gasteiger partial charge on any atom is 0.353 e. The first-order valence-electron chi connectivity index (χ1n) is 28.9. The Morgan fingerprint density at radius 2 is 0.855 bits per heavy atom. The lowest BCUT2D eigenvalue weighted by Gasteiger charge is -2.19. The van der Waals surface area contributed by atoms with Gasteiger partial charge in [-0.2, -0.15) is 4.98 Å².